The predicted octanol–water partition coefficient (Wildman–Crippen LogP) is -9.57. The average molecular weight is 1330 g/mol. The average Bonchev–Trinajstić information content (AvgIpc) is 3.20. The Kier molecular flexibility index (Phi) is 27.8. The highest BCUT2D eigenvalue weighted by Gasteiger charge is 2.57. The van der Waals surface area contributed by atoms with Crippen LogP contribution in [0.3, 0.4) is 0 Å². The van der Waals surface area contributed by atoms with Gasteiger partial charge in [0, 0.05) is 0 Å². The molecule has 330 valence electrons. The summed E-state index contributed by atoms with van der Waals surface area (Å²) >= 11 is 0. The first-order valence-corrected chi connectivity index (χ1v) is 87.7. The van der Waals surface area contributed by atoms with E-state index in [2.05, 4.69) is 0 Å². The van der Waals surface area contributed by atoms with Crippen molar-refractivity contribution in [3.63, 3.8) is 0 Å². The summed E-state index contributed by atoms with van der Waals surface area (Å²) in [6.07, 6.45) is 0. The van der Waals surface area contributed by atoms with Crippen molar-refractivity contribution in [3.05, 3.63) is 0 Å². The third-order valence-corrected chi connectivity index (χ3v) is 209. The van der Waals surface area contributed by atoms with Gasteiger partial charge in [0.1, 0.15) is 0 Å². The standard InChI is InChI=1S/C9H32O25Si28/c1-37(38(10)36-33-60(2,3)4)32-35-39(11)40(12)41(13)42(14)43(15)44(16)45(17)46(18)47(19)48(20)49(21)50(22)51(23)52(24)53(25)54(26)55(27)56(28)57(29)58(30)59(31)62(8,9)34-61(5,6)7/h37H,35-36H2,1-9H3. The van der Waals surface area contributed by atoms with Gasteiger partial charge >= 0.3 is 162 Å². The molecule has 1 atom stereocenters. The van der Waals surface area contributed by atoms with Crippen molar-refractivity contribution in [2.24, 2.45) is 0 Å². The van der Waals surface area contributed by atoms with Crippen molar-refractivity contribution in [2.45, 2.75) is 58.9 Å². The molecule has 0 heterocycles. The fourth-order valence-corrected chi connectivity index (χ4v) is 298. The molecule has 0 bridgehead atoms. The lowest BCUT2D eigenvalue weighted by atomic mass is 11.8. The largest absolute Gasteiger partial charge is 0.458 e. The van der Waals surface area contributed by atoms with E-state index >= 15 is 0 Å². The Morgan fingerprint density at radius 1 is 0.339 bits per heavy atom. The van der Waals surface area contributed by atoms with E-state index in [1.165, 1.54) is 19.6 Å². The lowest BCUT2D eigenvalue weighted by molar-refractivity contribution is 0.530. The van der Waals surface area contributed by atoms with Crippen molar-refractivity contribution >= 4 is 221 Å². The number of rotatable bonds is 30. The van der Waals surface area contributed by atoms with Crippen LogP contribution in [0, 0.1) is 0 Å². The predicted molar refractivity (Wildman–Crippen MR) is 239 cm³/mol. The molecule has 1 unspecified atom stereocenters. The summed E-state index contributed by atoms with van der Waals surface area (Å²) < 4.78 is 297. The first-order chi connectivity index (χ1) is 27.9. The van der Waals surface area contributed by atoms with Crippen LogP contribution < -0.4 is 0 Å². The SMILES string of the molecule is C[SiH](O[SiH2][Si](=O)[Si](=O)[Si](=O)[Si](=O)[Si](=O)[Si](=O)[Si](=O)[Si](=O)[Si](=O)[Si](=O)[Si](=O)[Si](=O)[Si](=O)[Si](=O)[Si](=O)[Si](=O)[Si](=O)[Si](=O)[Si](=O)[Si](=O)[Si](=O)[Si](C)(C)O[Si](C)(C)C)[Si](=O)[SiH2]O[Si](C)(C)C. The van der Waals surface area contributed by atoms with Gasteiger partial charge in [-0.25, -0.2) is 0 Å². The van der Waals surface area contributed by atoms with E-state index in [9.17, 15) is 98.2 Å². The van der Waals surface area contributed by atoms with Crippen molar-refractivity contribution in [1.82, 2.24) is 0 Å². The third-order valence-electron chi connectivity index (χ3n) is 6.85. The van der Waals surface area contributed by atoms with Gasteiger partial charge in [-0.2, -0.15) is 0 Å². The van der Waals surface area contributed by atoms with Crippen LogP contribution in [0.25, 0.3) is 0 Å². The maximum atomic E-state index is 12.9. The monoisotopic (exact) mass is 1320 g/mol. The fourth-order valence-electron chi connectivity index (χ4n) is 3.83. The Labute approximate surface area is 386 Å². The van der Waals surface area contributed by atoms with Crippen LogP contribution in [0.2, 0.25) is 58.9 Å². The highest BCUT2D eigenvalue weighted by molar-refractivity contribution is 7.83. The Hall–Kier alpha value is 1.55. The zero-order valence-corrected chi connectivity index (χ0v) is 62.7. The molecule has 0 aliphatic heterocycles. The second-order valence-corrected chi connectivity index (χ2v) is 151. The first-order valence-electron chi connectivity index (χ1n) is 16.7. The van der Waals surface area contributed by atoms with Gasteiger partial charge in [0.05, 0.1) is 0 Å². The Morgan fingerprint density at radius 3 is 0.823 bits per heavy atom. The minimum Gasteiger partial charge on any atom is -0.458 e. The Bertz CT molecular complexity index is 2290. The summed E-state index contributed by atoms with van der Waals surface area (Å²) in [7, 11) is -104. The second kappa shape index (κ2) is 27.1. The zero-order valence-electron chi connectivity index (χ0n) is 33.7. The zero-order chi connectivity index (χ0) is 49.3. The normalized spacial score (nSPS) is 12.1. The molecule has 0 fully saturated rings. The molecule has 0 amide bonds. The molecule has 0 radical (unpaired) electrons. The van der Waals surface area contributed by atoms with E-state index in [-0.39, 0.29) is 0 Å². The maximum Gasteiger partial charge on any atom is 0.381 e. The molecule has 0 saturated carbocycles. The van der Waals surface area contributed by atoms with E-state index < -0.39 is 221 Å². The maximum absolute atomic E-state index is 12.9. The smallest absolute Gasteiger partial charge is 0.381 e. The summed E-state index contributed by atoms with van der Waals surface area (Å²) in [5.74, 6) is 0. The van der Waals surface area contributed by atoms with Crippen LogP contribution in [0.4, 0.5) is 0 Å². The van der Waals surface area contributed by atoms with E-state index in [1.807, 2.05) is 19.6 Å². The summed E-state index contributed by atoms with van der Waals surface area (Å²) in [5, 5.41) is 0. The topological polar surface area (TPSA) is 403 Å². The van der Waals surface area contributed by atoms with Gasteiger partial charge in [0.25, 0.3) is 7.72 Å². The summed E-state index contributed by atoms with van der Waals surface area (Å²) in [6.45, 7) is 15.1. The molecular weight excluding hydrogens is 1290 g/mol. The van der Waals surface area contributed by atoms with Gasteiger partial charge < -0.3 is 111 Å². The van der Waals surface area contributed by atoms with Crippen LogP contribution in [0.5, 0.6) is 0 Å². The molecule has 0 aromatic heterocycles. The van der Waals surface area contributed by atoms with Crippen LogP contribution >= 0.6 is 0 Å². The highest BCUT2D eigenvalue weighted by Crippen LogP contribution is 2.14. The minimum absolute atomic E-state index is 1.40. The lowest BCUT2D eigenvalue weighted by Gasteiger charge is -2.28. The van der Waals surface area contributed by atoms with E-state index in [0.717, 1.165) is 0 Å². The fraction of sp³-hybridized carbons (Fsp3) is 1.00. The third kappa shape index (κ3) is 19.2. The molecule has 25 nitrogen and oxygen atoms in total. The molecule has 0 aromatic rings. The van der Waals surface area contributed by atoms with E-state index in [1.54, 1.807) is 19.6 Å². The lowest BCUT2D eigenvalue weighted by Crippen LogP contribution is -2.59. The minimum atomic E-state index is -4.52. The summed E-state index contributed by atoms with van der Waals surface area (Å²) in [4.78, 5) is 0. The van der Waals surface area contributed by atoms with Crippen molar-refractivity contribution in [2.75, 3.05) is 0 Å². The Morgan fingerprint density at radius 2 is 0.581 bits per heavy atom. The molecule has 0 N–H and O–H groups in total. The molecule has 0 rings (SSSR count). The molecule has 53 heteroatoms. The van der Waals surface area contributed by atoms with Crippen LogP contribution in [-0.4, -0.2) is 221 Å². The summed E-state index contributed by atoms with van der Waals surface area (Å²) in [6, 6.07) is 0. The van der Waals surface area contributed by atoms with Crippen LogP contribution in [-0.2, 0) is 111 Å². The molecule has 0 aliphatic carbocycles. The Balaban J connectivity index is 5.70. The van der Waals surface area contributed by atoms with Crippen molar-refractivity contribution < 1.29 is 111 Å². The van der Waals surface area contributed by atoms with Gasteiger partial charge in [-0.1, -0.05) is 0 Å². The molecule has 0 aromatic carbocycles. The van der Waals surface area contributed by atoms with E-state index in [4.69, 9.17) is 12.3 Å². The molecule has 0 saturated heterocycles. The number of hydrogen-bond donors (Lipinski definition) is 0. The van der Waals surface area contributed by atoms with Crippen LogP contribution in [0.1, 0.15) is 0 Å². The molecule has 62 heavy (non-hydrogen) atoms. The molecule has 0 spiro atoms. The van der Waals surface area contributed by atoms with Gasteiger partial charge in [-0.15, -0.1) is 0 Å². The molecule has 0 aliphatic rings. The van der Waals surface area contributed by atoms with Gasteiger partial charge in [0.15, 0.2) is 25.9 Å². The van der Waals surface area contributed by atoms with Gasteiger partial charge in [-0.3, -0.25) is 0 Å². The summed E-state index contributed by atoms with van der Waals surface area (Å²) in [5.41, 5.74) is 0. The number of hydrogen-bond acceptors (Lipinski definition) is 25. The highest BCUT2D eigenvalue weighted by atomic mass is 30.1. The van der Waals surface area contributed by atoms with Gasteiger partial charge in [0.2, 0.25) is 25.7 Å². The van der Waals surface area contributed by atoms with Crippen LogP contribution in [0.15, 0.2) is 0 Å². The van der Waals surface area contributed by atoms with Gasteiger partial charge in [-0.05, 0) is 58.9 Å². The second-order valence-electron chi connectivity index (χ2n) is 14.6. The first kappa shape index (κ1) is 63.6. The van der Waals surface area contributed by atoms with Crippen molar-refractivity contribution in [1.29, 1.82) is 0 Å². The van der Waals surface area contributed by atoms with Crippen molar-refractivity contribution in [3.8, 4) is 0 Å². The van der Waals surface area contributed by atoms with E-state index in [0.29, 0.717) is 0 Å². The molecular formula is C9H32O25Si28. The quantitative estimate of drug-likeness (QED) is 0.0603.